The molecular formula is C17H16N2O2S. The van der Waals surface area contributed by atoms with Crippen molar-refractivity contribution in [1.29, 1.82) is 0 Å². The number of hydrogen-bond acceptors (Lipinski definition) is 4. The van der Waals surface area contributed by atoms with Crippen LogP contribution in [0.2, 0.25) is 0 Å². The maximum absolute atomic E-state index is 12.4. The summed E-state index contributed by atoms with van der Waals surface area (Å²) >= 11 is 1.46. The zero-order chi connectivity index (χ0) is 15.6. The van der Waals surface area contributed by atoms with E-state index in [-0.39, 0.29) is 12.5 Å². The lowest BCUT2D eigenvalue weighted by molar-refractivity contribution is 0.0556. The number of rotatable bonds is 4. The molecular weight excluding hydrogens is 296 g/mol. The van der Waals surface area contributed by atoms with Crippen LogP contribution in [0.5, 0.6) is 0 Å². The van der Waals surface area contributed by atoms with E-state index in [0.29, 0.717) is 5.69 Å². The van der Waals surface area contributed by atoms with Crippen LogP contribution in [-0.4, -0.2) is 22.5 Å². The van der Waals surface area contributed by atoms with Crippen LogP contribution in [0.1, 0.15) is 22.3 Å². The molecule has 0 aliphatic carbocycles. The van der Waals surface area contributed by atoms with Gasteiger partial charge < -0.3 is 10.4 Å². The summed E-state index contributed by atoms with van der Waals surface area (Å²) in [4.78, 5) is 17.4. The predicted molar refractivity (Wildman–Crippen MR) is 88.0 cm³/mol. The molecule has 2 aromatic heterocycles. The topological polar surface area (TPSA) is 62.2 Å². The van der Waals surface area contributed by atoms with Gasteiger partial charge in [0.05, 0.1) is 6.54 Å². The van der Waals surface area contributed by atoms with Gasteiger partial charge in [0.1, 0.15) is 11.3 Å². The number of hydrogen-bond donors (Lipinski definition) is 2. The van der Waals surface area contributed by atoms with Crippen molar-refractivity contribution in [2.75, 3.05) is 6.54 Å². The normalized spacial score (nSPS) is 13.7. The van der Waals surface area contributed by atoms with Gasteiger partial charge in [-0.2, -0.15) is 0 Å². The largest absolute Gasteiger partial charge is 0.383 e. The molecule has 1 amide bonds. The summed E-state index contributed by atoms with van der Waals surface area (Å²) < 4.78 is 0. The molecule has 2 heterocycles. The number of carbonyl (C=O) groups is 1. The summed E-state index contributed by atoms with van der Waals surface area (Å²) in [6, 6.07) is 13.2. The summed E-state index contributed by atoms with van der Waals surface area (Å²) in [5.74, 6) is -0.284. The second-order valence-electron chi connectivity index (χ2n) is 5.31. The van der Waals surface area contributed by atoms with Gasteiger partial charge in [0.15, 0.2) is 0 Å². The Morgan fingerprint density at radius 1 is 1.27 bits per heavy atom. The molecule has 1 atom stereocenters. The van der Waals surface area contributed by atoms with E-state index < -0.39 is 5.60 Å². The molecule has 22 heavy (non-hydrogen) atoms. The first kappa shape index (κ1) is 14.7. The van der Waals surface area contributed by atoms with Gasteiger partial charge in [-0.15, -0.1) is 11.3 Å². The quantitative estimate of drug-likeness (QED) is 0.778. The highest BCUT2D eigenvalue weighted by Gasteiger charge is 2.25. The Labute approximate surface area is 132 Å². The molecule has 1 unspecified atom stereocenters. The first-order valence-electron chi connectivity index (χ1n) is 6.96. The summed E-state index contributed by atoms with van der Waals surface area (Å²) in [5.41, 5.74) is -0.714. The number of carbonyl (C=O) groups excluding carboxylic acids is 1. The van der Waals surface area contributed by atoms with E-state index in [4.69, 9.17) is 0 Å². The van der Waals surface area contributed by atoms with E-state index in [0.717, 1.165) is 15.6 Å². The van der Waals surface area contributed by atoms with Gasteiger partial charge in [0.25, 0.3) is 5.91 Å². The van der Waals surface area contributed by atoms with Crippen molar-refractivity contribution in [2.45, 2.75) is 12.5 Å². The molecule has 3 aromatic rings. The maximum Gasteiger partial charge on any atom is 0.270 e. The van der Waals surface area contributed by atoms with Crippen LogP contribution in [0.15, 0.2) is 54.0 Å². The van der Waals surface area contributed by atoms with E-state index in [9.17, 15) is 9.90 Å². The average molecular weight is 312 g/mol. The van der Waals surface area contributed by atoms with Crippen molar-refractivity contribution in [3.63, 3.8) is 0 Å². The van der Waals surface area contributed by atoms with Crippen molar-refractivity contribution in [3.05, 3.63) is 64.6 Å². The number of nitrogens with zero attached hydrogens (tertiary/aromatic N) is 1. The molecule has 2 N–H and O–H groups in total. The van der Waals surface area contributed by atoms with E-state index in [1.165, 1.54) is 11.3 Å². The molecule has 0 fully saturated rings. The lowest BCUT2D eigenvalue weighted by Crippen LogP contribution is -2.38. The SMILES string of the molecule is CC(O)(CNC(=O)c1nccc2ccccc12)c1cccs1. The first-order chi connectivity index (χ1) is 10.6. The van der Waals surface area contributed by atoms with Crippen molar-refractivity contribution >= 4 is 28.0 Å². The number of pyridine rings is 1. The Balaban J connectivity index is 1.80. The number of nitrogens with one attached hydrogen (secondary N) is 1. The van der Waals surface area contributed by atoms with Gasteiger partial charge in [-0.3, -0.25) is 9.78 Å². The predicted octanol–water partition coefficient (Wildman–Crippen LogP) is 2.93. The maximum atomic E-state index is 12.4. The average Bonchev–Trinajstić information content (AvgIpc) is 3.07. The fourth-order valence-corrected chi connectivity index (χ4v) is 3.10. The Hall–Kier alpha value is -2.24. The molecule has 4 nitrogen and oxygen atoms in total. The molecule has 1 aromatic carbocycles. The Morgan fingerprint density at radius 3 is 2.86 bits per heavy atom. The molecule has 3 rings (SSSR count). The van der Waals surface area contributed by atoms with Gasteiger partial charge in [0, 0.05) is 16.5 Å². The highest BCUT2D eigenvalue weighted by molar-refractivity contribution is 7.10. The van der Waals surface area contributed by atoms with Gasteiger partial charge in [0.2, 0.25) is 0 Å². The van der Waals surface area contributed by atoms with Crippen LogP contribution in [0.25, 0.3) is 10.8 Å². The van der Waals surface area contributed by atoms with Gasteiger partial charge in [-0.1, -0.05) is 30.3 Å². The van der Waals surface area contributed by atoms with Crippen molar-refractivity contribution < 1.29 is 9.90 Å². The summed E-state index contributed by atoms with van der Waals surface area (Å²) in [5, 5.41) is 16.9. The van der Waals surface area contributed by atoms with E-state index in [1.807, 2.05) is 47.8 Å². The number of fused-ring (bicyclic) bond motifs is 1. The zero-order valence-electron chi connectivity index (χ0n) is 12.1. The fraction of sp³-hybridized carbons (Fsp3) is 0.176. The zero-order valence-corrected chi connectivity index (χ0v) is 12.9. The minimum absolute atomic E-state index is 0.136. The van der Waals surface area contributed by atoms with Crippen LogP contribution in [-0.2, 0) is 5.60 Å². The van der Waals surface area contributed by atoms with Gasteiger partial charge >= 0.3 is 0 Å². The number of aliphatic hydroxyl groups is 1. The lowest BCUT2D eigenvalue weighted by atomic mass is 10.0. The third-order valence-corrected chi connectivity index (χ3v) is 4.66. The standard InChI is InChI=1S/C17H16N2O2S/c1-17(21,14-7-4-10-22-14)11-19-16(20)15-13-6-3-2-5-12(13)8-9-18-15/h2-10,21H,11H2,1H3,(H,19,20). The minimum Gasteiger partial charge on any atom is -0.383 e. The van der Waals surface area contributed by atoms with Crippen LogP contribution in [0.4, 0.5) is 0 Å². The number of benzene rings is 1. The number of aromatic nitrogens is 1. The van der Waals surface area contributed by atoms with Crippen LogP contribution in [0.3, 0.4) is 0 Å². The van der Waals surface area contributed by atoms with Crippen molar-refractivity contribution in [1.82, 2.24) is 10.3 Å². The molecule has 112 valence electrons. The third-order valence-electron chi connectivity index (χ3n) is 3.53. The molecule has 0 saturated carbocycles. The van der Waals surface area contributed by atoms with E-state index >= 15 is 0 Å². The number of thiophene rings is 1. The van der Waals surface area contributed by atoms with Gasteiger partial charge in [-0.05, 0) is 29.8 Å². The highest BCUT2D eigenvalue weighted by Crippen LogP contribution is 2.24. The summed E-state index contributed by atoms with van der Waals surface area (Å²) in [6.07, 6.45) is 1.62. The van der Waals surface area contributed by atoms with E-state index in [2.05, 4.69) is 10.3 Å². The molecule has 0 spiro atoms. The second kappa shape index (κ2) is 5.87. The molecule has 0 radical (unpaired) electrons. The highest BCUT2D eigenvalue weighted by atomic mass is 32.1. The lowest BCUT2D eigenvalue weighted by Gasteiger charge is -2.22. The summed E-state index contributed by atoms with van der Waals surface area (Å²) in [6.45, 7) is 1.83. The molecule has 0 aliphatic heterocycles. The summed E-state index contributed by atoms with van der Waals surface area (Å²) in [7, 11) is 0. The van der Waals surface area contributed by atoms with Crippen molar-refractivity contribution in [2.24, 2.45) is 0 Å². The third kappa shape index (κ3) is 2.86. The first-order valence-corrected chi connectivity index (χ1v) is 7.84. The van der Waals surface area contributed by atoms with Crippen LogP contribution < -0.4 is 5.32 Å². The van der Waals surface area contributed by atoms with E-state index in [1.54, 1.807) is 13.1 Å². The Morgan fingerprint density at radius 2 is 2.09 bits per heavy atom. The Bertz CT molecular complexity index is 792. The van der Waals surface area contributed by atoms with Gasteiger partial charge in [-0.25, -0.2) is 0 Å². The molecule has 0 aliphatic rings. The monoisotopic (exact) mass is 312 g/mol. The molecule has 5 heteroatoms. The second-order valence-corrected chi connectivity index (χ2v) is 6.26. The number of amides is 1. The van der Waals surface area contributed by atoms with Crippen LogP contribution in [0, 0.1) is 0 Å². The molecule has 0 saturated heterocycles. The molecule has 0 bridgehead atoms. The smallest absolute Gasteiger partial charge is 0.270 e. The van der Waals surface area contributed by atoms with Crippen molar-refractivity contribution in [3.8, 4) is 0 Å². The fourth-order valence-electron chi connectivity index (χ4n) is 2.31. The Kier molecular flexibility index (Phi) is 3.92. The minimum atomic E-state index is -1.09. The van der Waals surface area contributed by atoms with Crippen LogP contribution >= 0.6 is 11.3 Å².